The lowest BCUT2D eigenvalue weighted by molar-refractivity contribution is 0.146. The van der Waals surface area contributed by atoms with Gasteiger partial charge in [-0.15, -0.1) is 5.10 Å². The fraction of sp³-hybridized carbons (Fsp3) is 0.286. The number of ether oxygens (including phenoxy) is 2. The number of fused-ring (bicyclic) bond motifs is 1. The molecule has 0 amide bonds. The molecule has 0 fully saturated rings. The molecule has 0 N–H and O–H groups in total. The fourth-order valence-electron chi connectivity index (χ4n) is 2.01. The Labute approximate surface area is 138 Å². The van der Waals surface area contributed by atoms with Crippen LogP contribution in [0.4, 0.5) is 0 Å². The average molecular weight is 349 g/mol. The second-order valence-corrected chi connectivity index (χ2v) is 6.88. The maximum atomic E-state index is 11.6. The maximum absolute atomic E-state index is 11.6. The van der Waals surface area contributed by atoms with Gasteiger partial charge in [-0.3, -0.25) is 0 Å². The van der Waals surface area contributed by atoms with Crippen LogP contribution in [0.3, 0.4) is 0 Å². The molecule has 0 saturated carbocycles. The molecule has 0 unspecified atom stereocenters. The van der Waals surface area contributed by atoms with E-state index in [4.69, 9.17) is 9.47 Å². The minimum absolute atomic E-state index is 0.272. The first-order valence-corrected chi connectivity index (χ1v) is 8.89. The molecule has 0 aliphatic rings. The first-order chi connectivity index (χ1) is 11.5. The summed E-state index contributed by atoms with van der Waals surface area (Å²) in [5, 5.41) is 7.70. The predicted octanol–water partition coefficient (Wildman–Crippen LogP) is 0.639. The molecule has 0 spiro atoms. The second-order valence-electron chi connectivity index (χ2n) is 4.97. The van der Waals surface area contributed by atoms with Gasteiger partial charge in [0.2, 0.25) is 15.0 Å². The summed E-state index contributed by atoms with van der Waals surface area (Å²) in [6.45, 7) is 0.889. The van der Waals surface area contributed by atoms with Crippen molar-refractivity contribution in [2.45, 2.75) is 5.16 Å². The summed E-state index contributed by atoms with van der Waals surface area (Å²) >= 11 is 0. The smallest absolute Gasteiger partial charge is 0.248 e. The molecule has 0 radical (unpaired) electrons. The standard InChI is InChI=1S/C14H15N5O4S/c1-22-6-7-23-11-5-3-4-10(8-11)19-13-12(17-18-19)9-15-14(16-13)24(2,20)21/h3-5,8-9H,6-7H2,1-2H3. The van der Waals surface area contributed by atoms with E-state index in [0.717, 1.165) is 6.26 Å². The molecular formula is C14H15N5O4S. The summed E-state index contributed by atoms with van der Waals surface area (Å²) in [7, 11) is -1.93. The average Bonchev–Trinajstić information content (AvgIpc) is 2.98. The van der Waals surface area contributed by atoms with Crippen LogP contribution in [0.25, 0.3) is 16.9 Å². The Kier molecular flexibility index (Phi) is 4.40. The van der Waals surface area contributed by atoms with E-state index in [1.807, 2.05) is 0 Å². The zero-order chi connectivity index (χ0) is 17.2. The van der Waals surface area contributed by atoms with E-state index < -0.39 is 9.84 Å². The number of benzene rings is 1. The van der Waals surface area contributed by atoms with Crippen molar-refractivity contribution in [1.82, 2.24) is 25.0 Å². The fourth-order valence-corrected chi connectivity index (χ4v) is 2.51. The molecular weight excluding hydrogens is 334 g/mol. The summed E-state index contributed by atoms with van der Waals surface area (Å²) in [5.41, 5.74) is 1.35. The molecule has 24 heavy (non-hydrogen) atoms. The molecule has 1 aromatic carbocycles. The van der Waals surface area contributed by atoms with Crippen LogP contribution in [0.1, 0.15) is 0 Å². The number of sulfone groups is 1. The molecule has 3 aromatic rings. The summed E-state index contributed by atoms with van der Waals surface area (Å²) in [6.07, 6.45) is 2.38. The summed E-state index contributed by atoms with van der Waals surface area (Å²) in [6, 6.07) is 7.14. The van der Waals surface area contributed by atoms with Gasteiger partial charge in [0, 0.05) is 19.4 Å². The van der Waals surface area contributed by atoms with Crippen molar-refractivity contribution in [1.29, 1.82) is 0 Å². The Morgan fingerprint density at radius 3 is 2.83 bits per heavy atom. The lowest BCUT2D eigenvalue weighted by atomic mass is 10.3. The Balaban J connectivity index is 2.01. The van der Waals surface area contributed by atoms with Crippen LogP contribution in [0.2, 0.25) is 0 Å². The molecule has 0 bridgehead atoms. The minimum Gasteiger partial charge on any atom is -0.491 e. The van der Waals surface area contributed by atoms with Crippen molar-refractivity contribution in [2.75, 3.05) is 26.6 Å². The van der Waals surface area contributed by atoms with Gasteiger partial charge in [-0.25, -0.2) is 13.4 Å². The van der Waals surface area contributed by atoms with E-state index >= 15 is 0 Å². The number of methoxy groups -OCH3 is 1. The van der Waals surface area contributed by atoms with Gasteiger partial charge in [0.05, 0.1) is 18.5 Å². The monoisotopic (exact) mass is 349 g/mol. The Morgan fingerprint density at radius 1 is 1.25 bits per heavy atom. The van der Waals surface area contributed by atoms with Gasteiger partial charge in [-0.2, -0.15) is 9.67 Å². The van der Waals surface area contributed by atoms with E-state index in [2.05, 4.69) is 20.3 Å². The van der Waals surface area contributed by atoms with Crippen molar-refractivity contribution in [3.8, 4) is 11.4 Å². The largest absolute Gasteiger partial charge is 0.491 e. The van der Waals surface area contributed by atoms with Gasteiger partial charge in [0.25, 0.3) is 0 Å². The van der Waals surface area contributed by atoms with Gasteiger partial charge < -0.3 is 9.47 Å². The van der Waals surface area contributed by atoms with Crippen LogP contribution in [-0.4, -0.2) is 60.0 Å². The zero-order valence-electron chi connectivity index (χ0n) is 13.1. The van der Waals surface area contributed by atoms with E-state index in [1.165, 1.54) is 10.9 Å². The summed E-state index contributed by atoms with van der Waals surface area (Å²) < 4.78 is 35.2. The van der Waals surface area contributed by atoms with Gasteiger partial charge in [0.15, 0.2) is 11.2 Å². The minimum atomic E-state index is -3.52. The van der Waals surface area contributed by atoms with Gasteiger partial charge in [-0.1, -0.05) is 11.3 Å². The Bertz CT molecular complexity index is 970. The molecule has 0 aliphatic carbocycles. The number of rotatable bonds is 6. The first kappa shape index (κ1) is 16.3. The third-order valence-electron chi connectivity index (χ3n) is 3.12. The van der Waals surface area contributed by atoms with E-state index in [1.54, 1.807) is 31.4 Å². The Morgan fingerprint density at radius 2 is 2.08 bits per heavy atom. The summed E-state index contributed by atoms with van der Waals surface area (Å²) in [4.78, 5) is 7.87. The highest BCUT2D eigenvalue weighted by molar-refractivity contribution is 7.90. The molecule has 3 rings (SSSR count). The molecule has 126 valence electrons. The van der Waals surface area contributed by atoms with E-state index in [0.29, 0.717) is 35.8 Å². The highest BCUT2D eigenvalue weighted by Gasteiger charge is 2.16. The lowest BCUT2D eigenvalue weighted by Gasteiger charge is -2.07. The lowest BCUT2D eigenvalue weighted by Crippen LogP contribution is -2.06. The number of nitrogens with zero attached hydrogens (tertiary/aromatic N) is 5. The SMILES string of the molecule is COCCOc1cccc(-n2nnc3cnc(S(C)(=O)=O)nc32)c1. The molecule has 0 atom stereocenters. The number of aromatic nitrogens is 5. The van der Waals surface area contributed by atoms with Gasteiger partial charge >= 0.3 is 0 Å². The third kappa shape index (κ3) is 3.34. The molecule has 2 heterocycles. The van der Waals surface area contributed by atoms with Crippen LogP contribution in [0.15, 0.2) is 35.6 Å². The van der Waals surface area contributed by atoms with Gasteiger partial charge in [-0.05, 0) is 12.1 Å². The topological polar surface area (TPSA) is 109 Å². The van der Waals surface area contributed by atoms with Crippen molar-refractivity contribution in [2.24, 2.45) is 0 Å². The van der Waals surface area contributed by atoms with Crippen LogP contribution in [0.5, 0.6) is 5.75 Å². The maximum Gasteiger partial charge on any atom is 0.248 e. The van der Waals surface area contributed by atoms with Crippen molar-refractivity contribution in [3.05, 3.63) is 30.5 Å². The van der Waals surface area contributed by atoms with E-state index in [-0.39, 0.29) is 5.16 Å². The second kappa shape index (κ2) is 6.49. The van der Waals surface area contributed by atoms with Crippen LogP contribution in [-0.2, 0) is 14.6 Å². The predicted molar refractivity (Wildman–Crippen MR) is 84.9 cm³/mol. The van der Waals surface area contributed by atoms with Crippen LogP contribution in [0, 0.1) is 0 Å². The van der Waals surface area contributed by atoms with Gasteiger partial charge in [0.1, 0.15) is 12.4 Å². The quantitative estimate of drug-likeness (QED) is 0.471. The van der Waals surface area contributed by atoms with Crippen molar-refractivity contribution < 1.29 is 17.9 Å². The third-order valence-corrected chi connectivity index (χ3v) is 3.98. The Hall–Kier alpha value is -2.59. The molecule has 2 aromatic heterocycles. The summed E-state index contributed by atoms with van der Waals surface area (Å²) in [5.74, 6) is 0.630. The van der Waals surface area contributed by atoms with Crippen LogP contribution < -0.4 is 4.74 Å². The number of hydrogen-bond donors (Lipinski definition) is 0. The molecule has 0 saturated heterocycles. The normalized spacial score (nSPS) is 11.8. The van der Waals surface area contributed by atoms with E-state index in [9.17, 15) is 8.42 Å². The zero-order valence-corrected chi connectivity index (χ0v) is 13.9. The molecule has 10 heteroatoms. The molecule has 0 aliphatic heterocycles. The molecule has 9 nitrogen and oxygen atoms in total. The highest BCUT2D eigenvalue weighted by Crippen LogP contribution is 2.19. The first-order valence-electron chi connectivity index (χ1n) is 7.00. The van der Waals surface area contributed by atoms with Crippen molar-refractivity contribution >= 4 is 21.0 Å². The van der Waals surface area contributed by atoms with Crippen molar-refractivity contribution in [3.63, 3.8) is 0 Å². The van der Waals surface area contributed by atoms with Crippen LogP contribution >= 0.6 is 0 Å². The number of hydrogen-bond acceptors (Lipinski definition) is 8. The highest BCUT2D eigenvalue weighted by atomic mass is 32.2.